The molecule has 7 nitrogen and oxygen atoms in total. The number of nitrogens with one attached hydrogen (secondary N) is 3. The van der Waals surface area contributed by atoms with Crippen molar-refractivity contribution in [3.63, 3.8) is 0 Å². The lowest BCUT2D eigenvalue weighted by atomic mass is 10.1. The first-order valence-corrected chi connectivity index (χ1v) is 4.88. The minimum atomic E-state index is -1.33. The number of hydrogen-bond donors (Lipinski definition) is 5. The second-order valence-corrected chi connectivity index (χ2v) is 3.23. The van der Waals surface area contributed by atoms with E-state index in [0.717, 1.165) is 5.56 Å². The van der Waals surface area contributed by atoms with Crippen molar-refractivity contribution in [2.45, 2.75) is 6.42 Å². The molecule has 0 radical (unpaired) electrons. The Kier molecular flexibility index (Phi) is 4.61. The number of urea groups is 1. The van der Waals surface area contributed by atoms with E-state index in [1.165, 1.54) is 0 Å². The van der Waals surface area contributed by atoms with Gasteiger partial charge in [0.15, 0.2) is 0 Å². The highest BCUT2D eigenvalue weighted by Gasteiger charge is 2.00. The number of aromatic hydroxyl groups is 1. The van der Waals surface area contributed by atoms with E-state index in [-0.39, 0.29) is 5.75 Å². The van der Waals surface area contributed by atoms with E-state index in [0.29, 0.717) is 13.0 Å². The van der Waals surface area contributed by atoms with Crippen molar-refractivity contribution < 1.29 is 19.8 Å². The van der Waals surface area contributed by atoms with Crippen molar-refractivity contribution in [1.82, 2.24) is 16.2 Å². The van der Waals surface area contributed by atoms with Crippen molar-refractivity contribution in [3.8, 4) is 5.75 Å². The van der Waals surface area contributed by atoms with Crippen LogP contribution >= 0.6 is 0 Å². The quantitative estimate of drug-likeness (QED) is 0.492. The smallest absolute Gasteiger partial charge is 0.423 e. The minimum Gasteiger partial charge on any atom is -0.508 e. The van der Waals surface area contributed by atoms with Crippen LogP contribution in [0.25, 0.3) is 0 Å². The average Bonchev–Trinajstić information content (AvgIpc) is 2.29. The van der Waals surface area contributed by atoms with Crippen molar-refractivity contribution in [2.75, 3.05) is 6.54 Å². The zero-order valence-corrected chi connectivity index (χ0v) is 8.93. The Morgan fingerprint density at radius 2 is 1.76 bits per heavy atom. The summed E-state index contributed by atoms with van der Waals surface area (Å²) < 4.78 is 0. The van der Waals surface area contributed by atoms with E-state index in [4.69, 9.17) is 10.2 Å². The first-order chi connectivity index (χ1) is 8.08. The second kappa shape index (κ2) is 6.21. The van der Waals surface area contributed by atoms with E-state index < -0.39 is 12.1 Å². The monoisotopic (exact) mass is 239 g/mol. The van der Waals surface area contributed by atoms with Crippen LogP contribution in [0.15, 0.2) is 24.3 Å². The van der Waals surface area contributed by atoms with E-state index in [2.05, 4.69) is 5.32 Å². The van der Waals surface area contributed by atoms with Gasteiger partial charge in [-0.15, -0.1) is 0 Å². The molecule has 0 aliphatic carbocycles. The SMILES string of the molecule is O=C(O)NNC(=O)NCCc1ccc(O)cc1. The number of amides is 3. The Hall–Kier alpha value is -2.44. The van der Waals surface area contributed by atoms with Crippen molar-refractivity contribution in [3.05, 3.63) is 29.8 Å². The molecular weight excluding hydrogens is 226 g/mol. The number of benzene rings is 1. The molecule has 0 aromatic heterocycles. The maximum absolute atomic E-state index is 11.0. The molecule has 0 fully saturated rings. The average molecular weight is 239 g/mol. The van der Waals surface area contributed by atoms with Crippen LogP contribution in [0.5, 0.6) is 5.75 Å². The van der Waals surface area contributed by atoms with Gasteiger partial charge in [0.05, 0.1) is 0 Å². The predicted octanol–water partition coefficient (Wildman–Crippen LogP) is 0.416. The molecule has 0 atom stereocenters. The predicted molar refractivity (Wildman–Crippen MR) is 59.5 cm³/mol. The van der Waals surface area contributed by atoms with Gasteiger partial charge >= 0.3 is 12.1 Å². The van der Waals surface area contributed by atoms with Crippen LogP contribution in [0.3, 0.4) is 0 Å². The summed E-state index contributed by atoms with van der Waals surface area (Å²) in [6, 6.07) is 5.98. The van der Waals surface area contributed by atoms with Crippen LogP contribution in [0.2, 0.25) is 0 Å². The summed E-state index contributed by atoms with van der Waals surface area (Å²) in [7, 11) is 0. The van der Waals surface area contributed by atoms with Gasteiger partial charge in [0.1, 0.15) is 5.75 Å². The molecule has 0 saturated carbocycles. The molecule has 92 valence electrons. The molecule has 0 heterocycles. The Morgan fingerprint density at radius 1 is 1.12 bits per heavy atom. The van der Waals surface area contributed by atoms with Gasteiger partial charge < -0.3 is 15.5 Å². The summed E-state index contributed by atoms with van der Waals surface area (Å²) in [6.07, 6.45) is -0.750. The lowest BCUT2D eigenvalue weighted by molar-refractivity contribution is 0.187. The van der Waals surface area contributed by atoms with Crippen LogP contribution in [0.1, 0.15) is 5.56 Å². The van der Waals surface area contributed by atoms with Gasteiger partial charge in [-0.25, -0.2) is 20.4 Å². The zero-order valence-electron chi connectivity index (χ0n) is 8.93. The summed E-state index contributed by atoms with van der Waals surface area (Å²) in [5.41, 5.74) is 4.61. The molecule has 1 rings (SSSR count). The van der Waals surface area contributed by atoms with Crippen molar-refractivity contribution >= 4 is 12.1 Å². The summed E-state index contributed by atoms with van der Waals surface area (Å²) >= 11 is 0. The maximum Gasteiger partial charge on any atom is 0.423 e. The van der Waals surface area contributed by atoms with Crippen molar-refractivity contribution in [2.24, 2.45) is 0 Å². The highest BCUT2D eigenvalue weighted by Crippen LogP contribution is 2.09. The highest BCUT2D eigenvalue weighted by atomic mass is 16.4. The van der Waals surface area contributed by atoms with Gasteiger partial charge in [0, 0.05) is 6.54 Å². The number of rotatable bonds is 3. The van der Waals surface area contributed by atoms with Crippen LogP contribution < -0.4 is 16.2 Å². The molecule has 0 aliphatic heterocycles. The van der Waals surface area contributed by atoms with E-state index in [9.17, 15) is 9.59 Å². The first-order valence-electron chi connectivity index (χ1n) is 4.88. The Balaban J connectivity index is 2.21. The third-order valence-electron chi connectivity index (χ3n) is 1.92. The molecule has 1 aromatic carbocycles. The molecule has 0 unspecified atom stereocenters. The van der Waals surface area contributed by atoms with Gasteiger partial charge in [-0.2, -0.15) is 0 Å². The normalized spacial score (nSPS) is 9.41. The molecule has 1 aromatic rings. The Labute approximate surface area is 97.4 Å². The van der Waals surface area contributed by atoms with Gasteiger partial charge in [-0.3, -0.25) is 0 Å². The first kappa shape index (κ1) is 12.6. The maximum atomic E-state index is 11.0. The fourth-order valence-electron chi connectivity index (χ4n) is 1.14. The Morgan fingerprint density at radius 3 is 2.35 bits per heavy atom. The van der Waals surface area contributed by atoms with Gasteiger partial charge in [0.2, 0.25) is 0 Å². The number of phenols is 1. The fourth-order valence-corrected chi connectivity index (χ4v) is 1.14. The van der Waals surface area contributed by atoms with Crippen LogP contribution in [-0.4, -0.2) is 28.9 Å². The molecule has 0 saturated heterocycles. The van der Waals surface area contributed by atoms with Crippen LogP contribution in [0, 0.1) is 0 Å². The number of hydrogen-bond acceptors (Lipinski definition) is 3. The molecule has 7 heteroatoms. The zero-order chi connectivity index (χ0) is 12.7. The van der Waals surface area contributed by atoms with Gasteiger partial charge in [-0.1, -0.05) is 12.1 Å². The summed E-state index contributed by atoms with van der Waals surface area (Å²) in [6.45, 7) is 0.359. The molecule has 0 bridgehead atoms. The highest BCUT2D eigenvalue weighted by molar-refractivity contribution is 5.76. The Bertz CT molecular complexity index is 391. The summed E-state index contributed by atoms with van der Waals surface area (Å²) in [4.78, 5) is 21.1. The minimum absolute atomic E-state index is 0.185. The lowest BCUT2D eigenvalue weighted by Gasteiger charge is -2.06. The van der Waals surface area contributed by atoms with E-state index in [1.807, 2.05) is 5.43 Å². The second-order valence-electron chi connectivity index (χ2n) is 3.23. The number of phenolic OH excluding ortho intramolecular Hbond substituents is 1. The van der Waals surface area contributed by atoms with Crippen LogP contribution in [-0.2, 0) is 6.42 Å². The fraction of sp³-hybridized carbons (Fsp3) is 0.200. The molecule has 3 amide bonds. The molecule has 5 N–H and O–H groups in total. The number of carbonyl (C=O) groups is 2. The van der Waals surface area contributed by atoms with E-state index in [1.54, 1.807) is 29.7 Å². The number of hydrazine groups is 1. The van der Waals surface area contributed by atoms with Gasteiger partial charge in [0.25, 0.3) is 0 Å². The number of carboxylic acid groups (broad SMARTS) is 1. The number of carbonyl (C=O) groups excluding carboxylic acids is 1. The summed E-state index contributed by atoms with van der Waals surface area (Å²) in [5.74, 6) is 0.185. The van der Waals surface area contributed by atoms with Crippen LogP contribution in [0.4, 0.5) is 9.59 Å². The largest absolute Gasteiger partial charge is 0.508 e. The molecule has 0 spiro atoms. The lowest BCUT2D eigenvalue weighted by Crippen LogP contribution is -2.46. The third kappa shape index (κ3) is 5.26. The molecule has 0 aliphatic rings. The topological polar surface area (TPSA) is 111 Å². The van der Waals surface area contributed by atoms with Gasteiger partial charge in [-0.05, 0) is 24.1 Å². The molecule has 17 heavy (non-hydrogen) atoms. The summed E-state index contributed by atoms with van der Waals surface area (Å²) in [5, 5.41) is 19.7. The molecular formula is C10H13N3O4. The third-order valence-corrected chi connectivity index (χ3v) is 1.92. The standard InChI is InChI=1S/C10H13N3O4/c14-8-3-1-7(2-4-8)5-6-11-9(15)12-13-10(16)17/h1-4,13-14H,5-6H2,(H,16,17)(H2,11,12,15). The van der Waals surface area contributed by atoms with Crippen molar-refractivity contribution in [1.29, 1.82) is 0 Å². The van der Waals surface area contributed by atoms with E-state index >= 15 is 0 Å².